The highest BCUT2D eigenvalue weighted by Gasteiger charge is 2.18. The van der Waals surface area contributed by atoms with E-state index in [9.17, 15) is 0 Å². The first-order chi connectivity index (χ1) is 6.48. The molecule has 0 aromatic heterocycles. The highest BCUT2D eigenvalue weighted by atomic mass is 14.7. The summed E-state index contributed by atoms with van der Waals surface area (Å²) in [5, 5.41) is 0. The second-order valence-electron chi connectivity index (χ2n) is 5.08. The van der Waals surface area contributed by atoms with Crippen molar-refractivity contribution in [3.8, 4) is 0 Å². The Balaban J connectivity index is 2.57. The lowest BCUT2D eigenvalue weighted by atomic mass is 9.84. The van der Waals surface area contributed by atoms with Crippen LogP contribution in [0.2, 0.25) is 0 Å². The quantitative estimate of drug-likeness (QED) is 0.591. The minimum Gasteiger partial charge on any atom is -0.288 e. The van der Waals surface area contributed by atoms with E-state index in [2.05, 4.69) is 44.8 Å². The molecule has 1 aliphatic rings. The molecule has 0 saturated heterocycles. The average Bonchev–Trinajstić information content (AvgIpc) is 2.50. The van der Waals surface area contributed by atoms with Crippen molar-refractivity contribution in [1.82, 2.24) is 0 Å². The molecule has 0 fully saturated rings. The first-order valence-corrected chi connectivity index (χ1v) is 5.12. The van der Waals surface area contributed by atoms with Crippen molar-refractivity contribution in [2.75, 3.05) is 0 Å². The number of hydrogen-bond donors (Lipinski definition) is 0. The molecule has 1 heterocycles. The molecule has 0 unspecified atom stereocenters. The third kappa shape index (κ3) is 1.47. The summed E-state index contributed by atoms with van der Waals surface area (Å²) >= 11 is 0. The van der Waals surface area contributed by atoms with Crippen LogP contribution in [0.4, 0.5) is 0 Å². The molecule has 1 aromatic carbocycles. The Bertz CT molecular complexity index is 394. The van der Waals surface area contributed by atoms with Crippen molar-refractivity contribution in [1.29, 1.82) is 0 Å². The molecule has 14 heavy (non-hydrogen) atoms. The molecule has 0 amide bonds. The summed E-state index contributed by atoms with van der Waals surface area (Å²) in [5.74, 6) is 0. The smallest absolute Gasteiger partial charge is 0.0648 e. The molecule has 1 aliphatic heterocycles. The summed E-state index contributed by atoms with van der Waals surface area (Å²) in [5.41, 5.74) is 5.73. The maximum absolute atomic E-state index is 4.31. The van der Waals surface area contributed by atoms with Crippen molar-refractivity contribution in [2.45, 2.75) is 39.7 Å². The van der Waals surface area contributed by atoms with Gasteiger partial charge in [0.15, 0.2) is 0 Å². The van der Waals surface area contributed by atoms with E-state index in [1.807, 2.05) is 6.21 Å². The molecule has 0 radical (unpaired) electrons. The Morgan fingerprint density at radius 3 is 2.57 bits per heavy atom. The third-order valence-electron chi connectivity index (χ3n) is 2.85. The van der Waals surface area contributed by atoms with E-state index in [0.29, 0.717) is 0 Å². The maximum atomic E-state index is 4.31. The van der Waals surface area contributed by atoms with Gasteiger partial charge in [-0.2, -0.15) is 0 Å². The normalized spacial score (nSPS) is 14.6. The van der Waals surface area contributed by atoms with Gasteiger partial charge >= 0.3 is 0 Å². The van der Waals surface area contributed by atoms with Crippen molar-refractivity contribution >= 4 is 6.21 Å². The van der Waals surface area contributed by atoms with Crippen LogP contribution in [0.25, 0.3) is 0 Å². The number of hydrogen-bond acceptors (Lipinski definition) is 1. The van der Waals surface area contributed by atoms with E-state index < -0.39 is 0 Å². The summed E-state index contributed by atoms with van der Waals surface area (Å²) in [6.07, 6.45) is 2.00. The second kappa shape index (κ2) is 2.94. The number of aryl methyl sites for hydroxylation is 1. The number of rotatable bonds is 0. The second-order valence-corrected chi connectivity index (χ2v) is 5.08. The standard InChI is InChI=1S/C13H17N/c1-9-5-11(13(2,3)4)6-10-7-14-8-12(9)10/h5-7H,8H2,1-4H3. The zero-order chi connectivity index (χ0) is 10.3. The van der Waals surface area contributed by atoms with Crippen LogP contribution in [0.5, 0.6) is 0 Å². The topological polar surface area (TPSA) is 12.4 Å². The highest BCUT2D eigenvalue weighted by molar-refractivity contribution is 5.85. The van der Waals surface area contributed by atoms with Crippen LogP contribution in [-0.2, 0) is 12.0 Å². The highest BCUT2D eigenvalue weighted by Crippen LogP contribution is 2.28. The number of benzene rings is 1. The predicted octanol–water partition coefficient (Wildman–Crippen LogP) is 3.23. The Morgan fingerprint density at radius 2 is 1.93 bits per heavy atom. The van der Waals surface area contributed by atoms with Crippen LogP contribution in [0, 0.1) is 6.92 Å². The van der Waals surface area contributed by atoms with Crippen molar-refractivity contribution in [3.05, 3.63) is 34.4 Å². The Hall–Kier alpha value is -1.11. The number of nitrogens with zero attached hydrogens (tertiary/aromatic N) is 1. The monoisotopic (exact) mass is 187 g/mol. The molecule has 1 nitrogen and oxygen atoms in total. The molecular formula is C13H17N. The van der Waals surface area contributed by atoms with Crippen LogP contribution >= 0.6 is 0 Å². The van der Waals surface area contributed by atoms with Crippen LogP contribution in [-0.4, -0.2) is 6.21 Å². The molecule has 0 aliphatic carbocycles. The Morgan fingerprint density at radius 1 is 1.21 bits per heavy atom. The van der Waals surface area contributed by atoms with Gasteiger partial charge in [0, 0.05) is 6.21 Å². The fourth-order valence-corrected chi connectivity index (χ4v) is 1.84. The third-order valence-corrected chi connectivity index (χ3v) is 2.85. The van der Waals surface area contributed by atoms with Gasteiger partial charge in [0.2, 0.25) is 0 Å². The van der Waals surface area contributed by atoms with Gasteiger partial charge in [0.05, 0.1) is 6.54 Å². The maximum Gasteiger partial charge on any atom is 0.0648 e. The molecule has 0 atom stereocenters. The summed E-state index contributed by atoms with van der Waals surface area (Å²) in [4.78, 5) is 4.31. The van der Waals surface area contributed by atoms with Gasteiger partial charge in [0.1, 0.15) is 0 Å². The lowest BCUT2D eigenvalue weighted by Crippen LogP contribution is -2.12. The van der Waals surface area contributed by atoms with Gasteiger partial charge in [-0.3, -0.25) is 4.99 Å². The minimum absolute atomic E-state index is 0.232. The van der Waals surface area contributed by atoms with E-state index in [4.69, 9.17) is 0 Å². The SMILES string of the molecule is Cc1cc(C(C)(C)C)cc2c1CN=C2. The van der Waals surface area contributed by atoms with Gasteiger partial charge in [-0.1, -0.05) is 26.8 Å². The Kier molecular flexibility index (Phi) is 1.99. The molecule has 1 aromatic rings. The molecule has 0 N–H and O–H groups in total. The number of aliphatic imine (C=N–C) groups is 1. The van der Waals surface area contributed by atoms with Gasteiger partial charge in [0.25, 0.3) is 0 Å². The van der Waals surface area contributed by atoms with Crippen molar-refractivity contribution in [2.24, 2.45) is 4.99 Å². The summed E-state index contributed by atoms with van der Waals surface area (Å²) < 4.78 is 0. The lowest BCUT2D eigenvalue weighted by molar-refractivity contribution is 0.589. The largest absolute Gasteiger partial charge is 0.288 e. The lowest BCUT2D eigenvalue weighted by Gasteiger charge is -2.21. The van der Waals surface area contributed by atoms with Gasteiger partial charge in [-0.15, -0.1) is 0 Å². The molecule has 0 saturated carbocycles. The zero-order valence-corrected chi connectivity index (χ0v) is 9.39. The predicted molar refractivity (Wildman–Crippen MR) is 61.2 cm³/mol. The summed E-state index contributed by atoms with van der Waals surface area (Å²) in [7, 11) is 0. The van der Waals surface area contributed by atoms with Gasteiger partial charge < -0.3 is 0 Å². The Labute approximate surface area is 85.9 Å². The first kappa shape index (κ1) is 9.45. The molecule has 0 spiro atoms. The summed E-state index contributed by atoms with van der Waals surface area (Å²) in [6, 6.07) is 4.58. The molecule has 1 heteroatoms. The molecule has 0 bridgehead atoms. The molecule has 74 valence electrons. The average molecular weight is 187 g/mol. The van der Waals surface area contributed by atoms with E-state index in [-0.39, 0.29) is 5.41 Å². The van der Waals surface area contributed by atoms with Gasteiger partial charge in [-0.05, 0) is 40.7 Å². The fraction of sp³-hybridized carbons (Fsp3) is 0.462. The van der Waals surface area contributed by atoms with Crippen LogP contribution in [0.3, 0.4) is 0 Å². The van der Waals surface area contributed by atoms with Crippen LogP contribution in [0.15, 0.2) is 17.1 Å². The van der Waals surface area contributed by atoms with Crippen LogP contribution < -0.4 is 0 Å². The first-order valence-electron chi connectivity index (χ1n) is 5.12. The van der Waals surface area contributed by atoms with E-state index in [1.54, 1.807) is 0 Å². The van der Waals surface area contributed by atoms with Crippen molar-refractivity contribution in [3.63, 3.8) is 0 Å². The fourth-order valence-electron chi connectivity index (χ4n) is 1.84. The summed E-state index contributed by atoms with van der Waals surface area (Å²) in [6.45, 7) is 9.80. The number of fused-ring (bicyclic) bond motifs is 1. The zero-order valence-electron chi connectivity index (χ0n) is 9.39. The van der Waals surface area contributed by atoms with E-state index in [1.165, 1.54) is 22.3 Å². The molecule has 2 rings (SSSR count). The van der Waals surface area contributed by atoms with Crippen LogP contribution in [0.1, 0.15) is 43.0 Å². The minimum atomic E-state index is 0.232. The van der Waals surface area contributed by atoms with E-state index in [0.717, 1.165) is 6.54 Å². The molecular weight excluding hydrogens is 170 g/mol. The van der Waals surface area contributed by atoms with Gasteiger partial charge in [-0.25, -0.2) is 0 Å². The van der Waals surface area contributed by atoms with Crippen molar-refractivity contribution < 1.29 is 0 Å². The van der Waals surface area contributed by atoms with E-state index >= 15 is 0 Å².